The van der Waals surface area contributed by atoms with E-state index in [1.165, 1.54) is 4.90 Å². The summed E-state index contributed by atoms with van der Waals surface area (Å²) in [6.07, 6.45) is 5.88. The number of halogens is 1. The molecule has 2 aromatic carbocycles. The van der Waals surface area contributed by atoms with Gasteiger partial charge in [0.2, 0.25) is 5.78 Å². The van der Waals surface area contributed by atoms with Crippen LogP contribution in [0.3, 0.4) is 0 Å². The normalized spacial score (nSPS) is 18.2. The van der Waals surface area contributed by atoms with Gasteiger partial charge in [-0.05, 0) is 48.4 Å². The Labute approximate surface area is 194 Å². The number of imidazole rings is 1. The van der Waals surface area contributed by atoms with Crippen LogP contribution in [-0.4, -0.2) is 45.6 Å². The molecule has 0 spiro atoms. The molecule has 0 saturated carbocycles. The van der Waals surface area contributed by atoms with Gasteiger partial charge in [0, 0.05) is 35.5 Å². The molecule has 1 fully saturated rings. The average molecular weight is 496 g/mol. The minimum absolute atomic E-state index is 0.357. The van der Waals surface area contributed by atoms with Crippen LogP contribution in [0.2, 0.25) is 0 Å². The lowest BCUT2D eigenvalue weighted by atomic mass is 9.86. The van der Waals surface area contributed by atoms with E-state index in [-0.39, 0.29) is 5.78 Å². The molecule has 0 bridgehead atoms. The molecule has 1 aliphatic heterocycles. The lowest BCUT2D eigenvalue weighted by Crippen LogP contribution is -2.32. The highest BCUT2D eigenvalue weighted by atomic mass is 79.9. The minimum atomic E-state index is -1.09. The van der Waals surface area contributed by atoms with Crippen LogP contribution in [0.4, 0.5) is 0 Å². The van der Waals surface area contributed by atoms with E-state index in [0.717, 1.165) is 10.0 Å². The number of ketones is 2. The highest BCUT2D eigenvalue weighted by molar-refractivity contribution is 9.10. The fraction of sp³-hybridized carbons (Fsp3) is 0.250. The fourth-order valence-electron chi connectivity index (χ4n) is 4.04. The van der Waals surface area contributed by atoms with Crippen LogP contribution in [0.5, 0.6) is 5.75 Å². The molecule has 1 saturated heterocycles. The first kappa shape index (κ1) is 22.0. The fourth-order valence-corrected chi connectivity index (χ4v) is 4.30. The predicted molar refractivity (Wildman–Crippen MR) is 121 cm³/mol. The molecule has 1 aromatic heterocycles. The second-order valence-corrected chi connectivity index (χ2v) is 8.50. The third-order valence-corrected chi connectivity index (χ3v) is 6.18. The molecule has 7 nitrogen and oxygen atoms in total. The van der Waals surface area contributed by atoms with Crippen molar-refractivity contribution in [3.63, 3.8) is 0 Å². The van der Waals surface area contributed by atoms with Crippen molar-refractivity contribution in [1.82, 2.24) is 14.5 Å². The number of methoxy groups -OCH3 is 1. The van der Waals surface area contributed by atoms with Crippen LogP contribution in [0, 0.1) is 5.92 Å². The zero-order valence-electron chi connectivity index (χ0n) is 17.5. The molecule has 0 N–H and O–H groups in total. The van der Waals surface area contributed by atoms with E-state index in [1.807, 2.05) is 35.0 Å². The molecule has 0 radical (unpaired) electrons. The quantitative estimate of drug-likeness (QED) is 0.270. The van der Waals surface area contributed by atoms with Crippen LogP contribution in [0.15, 0.2) is 71.7 Å². The Kier molecular flexibility index (Phi) is 6.50. The third kappa shape index (κ3) is 4.36. The first-order valence-corrected chi connectivity index (χ1v) is 11.0. The summed E-state index contributed by atoms with van der Waals surface area (Å²) in [5, 5.41) is 0. The van der Waals surface area contributed by atoms with E-state index in [9.17, 15) is 14.4 Å². The van der Waals surface area contributed by atoms with Crippen molar-refractivity contribution in [2.75, 3.05) is 13.7 Å². The summed E-state index contributed by atoms with van der Waals surface area (Å²) in [5.74, 6) is -2.13. The number of ether oxygens (including phenoxy) is 1. The Balaban J connectivity index is 1.64. The van der Waals surface area contributed by atoms with Crippen LogP contribution < -0.4 is 4.74 Å². The molecule has 1 amide bonds. The SMILES string of the molecule is COc1ccc(C(=O)C2C(=O)C(=O)N(CCCn3ccnc3)C2c2ccc(Br)cc2)cc1. The molecule has 4 rings (SSSR count). The summed E-state index contributed by atoms with van der Waals surface area (Å²) >= 11 is 3.42. The van der Waals surface area contributed by atoms with Gasteiger partial charge in [0.1, 0.15) is 11.7 Å². The number of rotatable bonds is 8. The van der Waals surface area contributed by atoms with Crippen LogP contribution in [0.25, 0.3) is 0 Å². The molecule has 1 aliphatic rings. The smallest absolute Gasteiger partial charge is 0.291 e. The predicted octanol–water partition coefficient (Wildman–Crippen LogP) is 3.70. The molecule has 32 heavy (non-hydrogen) atoms. The maximum absolute atomic E-state index is 13.4. The van der Waals surface area contributed by atoms with E-state index in [2.05, 4.69) is 20.9 Å². The van der Waals surface area contributed by atoms with Gasteiger partial charge in [0.25, 0.3) is 5.91 Å². The maximum atomic E-state index is 13.4. The Bertz CT molecular complexity index is 1110. The highest BCUT2D eigenvalue weighted by Crippen LogP contribution is 2.38. The Morgan fingerprint density at radius 3 is 2.41 bits per heavy atom. The van der Waals surface area contributed by atoms with Crippen molar-refractivity contribution in [2.45, 2.75) is 19.0 Å². The number of nitrogens with zero attached hydrogens (tertiary/aromatic N) is 3. The highest BCUT2D eigenvalue weighted by Gasteiger charge is 2.51. The molecule has 2 atom stereocenters. The third-order valence-electron chi connectivity index (χ3n) is 5.65. The van der Waals surface area contributed by atoms with Gasteiger partial charge in [-0.2, -0.15) is 0 Å². The summed E-state index contributed by atoms with van der Waals surface area (Å²) in [7, 11) is 1.54. The van der Waals surface area contributed by atoms with Gasteiger partial charge in [0.15, 0.2) is 5.78 Å². The molecule has 2 heterocycles. The number of carbonyl (C=O) groups excluding carboxylic acids is 3. The van der Waals surface area contributed by atoms with Crippen molar-refractivity contribution in [3.05, 3.63) is 82.9 Å². The molecule has 2 unspecified atom stereocenters. The van der Waals surface area contributed by atoms with Gasteiger partial charge in [0.05, 0.1) is 19.5 Å². The summed E-state index contributed by atoms with van der Waals surface area (Å²) in [4.78, 5) is 45.0. The molecular weight excluding hydrogens is 474 g/mol. The summed E-state index contributed by atoms with van der Waals surface area (Å²) < 4.78 is 7.94. The van der Waals surface area contributed by atoms with Crippen LogP contribution in [0.1, 0.15) is 28.4 Å². The number of benzene rings is 2. The number of carbonyl (C=O) groups is 3. The van der Waals surface area contributed by atoms with Crippen molar-refractivity contribution in [2.24, 2.45) is 5.92 Å². The van der Waals surface area contributed by atoms with Gasteiger partial charge in [-0.1, -0.05) is 28.1 Å². The van der Waals surface area contributed by atoms with Crippen molar-refractivity contribution in [3.8, 4) is 5.75 Å². The summed E-state index contributed by atoms with van der Waals surface area (Å²) in [6, 6.07) is 13.3. The number of aryl methyl sites for hydroxylation is 1. The first-order chi connectivity index (χ1) is 15.5. The number of amides is 1. The molecular formula is C24H22BrN3O4. The molecule has 0 aliphatic carbocycles. The van der Waals surface area contributed by atoms with Crippen molar-refractivity contribution >= 4 is 33.4 Å². The second kappa shape index (κ2) is 9.48. The zero-order valence-corrected chi connectivity index (χ0v) is 19.1. The van der Waals surface area contributed by atoms with E-state index < -0.39 is 23.7 Å². The number of hydrogen-bond donors (Lipinski definition) is 0. The van der Waals surface area contributed by atoms with E-state index in [1.54, 1.807) is 43.9 Å². The number of aromatic nitrogens is 2. The Morgan fingerprint density at radius 2 is 1.78 bits per heavy atom. The molecule has 3 aromatic rings. The average Bonchev–Trinajstić information content (AvgIpc) is 3.41. The number of likely N-dealkylation sites (tertiary alicyclic amines) is 1. The van der Waals surface area contributed by atoms with Crippen molar-refractivity contribution in [1.29, 1.82) is 0 Å². The Morgan fingerprint density at radius 1 is 1.06 bits per heavy atom. The van der Waals surface area contributed by atoms with Crippen molar-refractivity contribution < 1.29 is 19.1 Å². The summed E-state index contributed by atoms with van der Waals surface area (Å²) in [6.45, 7) is 1.01. The topological polar surface area (TPSA) is 81.5 Å². The first-order valence-electron chi connectivity index (χ1n) is 10.2. The van der Waals surface area contributed by atoms with Gasteiger partial charge < -0.3 is 14.2 Å². The number of Topliss-reactive ketones (excluding diaryl/α,β-unsaturated/α-hetero) is 2. The number of hydrogen-bond acceptors (Lipinski definition) is 5. The Hall–Kier alpha value is -3.26. The lowest BCUT2D eigenvalue weighted by Gasteiger charge is -2.27. The van der Waals surface area contributed by atoms with E-state index in [4.69, 9.17) is 4.74 Å². The summed E-state index contributed by atoms with van der Waals surface area (Å²) in [5.41, 5.74) is 1.13. The van der Waals surface area contributed by atoms with E-state index >= 15 is 0 Å². The second-order valence-electron chi connectivity index (χ2n) is 7.58. The minimum Gasteiger partial charge on any atom is -0.497 e. The molecule has 8 heteroatoms. The standard InChI is InChI=1S/C24H22BrN3O4/c1-32-19-9-5-17(6-10-19)22(29)20-21(16-3-7-18(25)8-4-16)28(24(31)23(20)30)13-2-12-27-14-11-26-15-27/h3-11,14-15,20-21H,2,12-13H2,1H3. The maximum Gasteiger partial charge on any atom is 0.291 e. The zero-order chi connectivity index (χ0) is 22.7. The van der Waals surface area contributed by atoms with Crippen LogP contribution >= 0.6 is 15.9 Å². The van der Waals surface area contributed by atoms with Gasteiger partial charge in [-0.15, -0.1) is 0 Å². The van der Waals surface area contributed by atoms with E-state index in [0.29, 0.717) is 30.8 Å². The largest absolute Gasteiger partial charge is 0.497 e. The molecule has 164 valence electrons. The van der Waals surface area contributed by atoms with Gasteiger partial charge in [-0.25, -0.2) is 4.98 Å². The van der Waals surface area contributed by atoms with Crippen LogP contribution in [-0.2, 0) is 16.1 Å². The lowest BCUT2D eigenvalue weighted by molar-refractivity contribution is -0.140. The monoisotopic (exact) mass is 495 g/mol. The van der Waals surface area contributed by atoms with Gasteiger partial charge >= 0.3 is 0 Å². The van der Waals surface area contributed by atoms with Gasteiger partial charge in [-0.3, -0.25) is 14.4 Å².